The fourth-order valence-corrected chi connectivity index (χ4v) is 4.19. The number of rotatable bonds is 3. The summed E-state index contributed by atoms with van der Waals surface area (Å²) in [5.41, 5.74) is 6.20. The summed E-state index contributed by atoms with van der Waals surface area (Å²) >= 11 is 0.726. The lowest BCUT2D eigenvalue weighted by molar-refractivity contribution is -0.122. The second-order valence-corrected chi connectivity index (χ2v) is 6.94. The van der Waals surface area contributed by atoms with Gasteiger partial charge < -0.3 is 11.1 Å². The van der Waals surface area contributed by atoms with Crippen molar-refractivity contribution in [3.8, 4) is 0 Å². The Morgan fingerprint density at radius 3 is 2.45 bits per heavy atom. The van der Waals surface area contributed by atoms with Gasteiger partial charge in [0.2, 0.25) is 11.0 Å². The molecule has 2 fully saturated rings. The summed E-state index contributed by atoms with van der Waals surface area (Å²) in [5.74, 6) is 0.563. The van der Waals surface area contributed by atoms with Gasteiger partial charge in [0, 0.05) is 12.0 Å². The van der Waals surface area contributed by atoms with Crippen molar-refractivity contribution in [3.63, 3.8) is 0 Å². The summed E-state index contributed by atoms with van der Waals surface area (Å²) in [6.07, 6.45) is 2.26. The van der Waals surface area contributed by atoms with Crippen molar-refractivity contribution in [2.45, 2.75) is 44.6 Å². The molecule has 3 rings (SSSR count). The maximum Gasteiger partial charge on any atom is 0.291 e. The molecule has 2 aliphatic rings. The van der Waals surface area contributed by atoms with Crippen molar-refractivity contribution in [2.75, 3.05) is 5.32 Å². The van der Waals surface area contributed by atoms with Crippen LogP contribution in [0.3, 0.4) is 0 Å². The van der Waals surface area contributed by atoms with Crippen LogP contribution in [0.25, 0.3) is 0 Å². The molecule has 0 spiro atoms. The quantitative estimate of drug-likeness (QED) is 0.876. The Hall–Kier alpha value is -0.860. The zero-order chi connectivity index (χ0) is 15.0. The number of carbonyl (C=O) groups excluding carboxylic acids is 1. The number of alkyl halides is 2. The number of hydrogen-bond acceptors (Lipinski definition) is 5. The first-order chi connectivity index (χ1) is 10.0. The summed E-state index contributed by atoms with van der Waals surface area (Å²) < 4.78 is 24.9. The number of nitrogens with one attached hydrogen (secondary N) is 1. The van der Waals surface area contributed by atoms with E-state index in [-0.39, 0.29) is 40.4 Å². The largest absolute Gasteiger partial charge is 0.327 e. The van der Waals surface area contributed by atoms with Gasteiger partial charge >= 0.3 is 0 Å². The number of fused-ring (bicyclic) bond motifs is 2. The van der Waals surface area contributed by atoms with Gasteiger partial charge in [-0.2, -0.15) is 0 Å². The lowest BCUT2D eigenvalue weighted by atomic mass is 9.65. The smallest absolute Gasteiger partial charge is 0.291 e. The third-order valence-electron chi connectivity index (χ3n) is 4.64. The van der Waals surface area contributed by atoms with Crippen LogP contribution in [0.5, 0.6) is 0 Å². The highest BCUT2D eigenvalue weighted by Crippen LogP contribution is 2.42. The van der Waals surface area contributed by atoms with Gasteiger partial charge in [0.05, 0.1) is 0 Å². The molecular weight excluding hydrogens is 334 g/mol. The maximum atomic E-state index is 12.5. The molecule has 1 amide bonds. The highest BCUT2D eigenvalue weighted by Gasteiger charge is 2.40. The number of hydrogen-bond donors (Lipinski definition) is 2. The second-order valence-electron chi connectivity index (χ2n) is 5.93. The molecule has 3 N–H and O–H groups in total. The molecule has 2 saturated carbocycles. The Kier molecular flexibility index (Phi) is 5.68. The van der Waals surface area contributed by atoms with E-state index >= 15 is 0 Å². The minimum absolute atomic E-state index is 0. The number of nitrogens with two attached hydrogens (primary N) is 1. The van der Waals surface area contributed by atoms with Crippen molar-refractivity contribution < 1.29 is 13.6 Å². The van der Waals surface area contributed by atoms with Crippen LogP contribution in [0.2, 0.25) is 0 Å². The van der Waals surface area contributed by atoms with Gasteiger partial charge in [-0.3, -0.25) is 4.79 Å². The number of aromatic nitrogens is 2. The molecule has 9 heteroatoms. The Morgan fingerprint density at radius 2 is 1.91 bits per heavy atom. The summed E-state index contributed by atoms with van der Waals surface area (Å²) in [6, 6.07) is 0.203. The number of nitrogens with zero attached hydrogens (tertiary/aromatic N) is 2. The Balaban J connectivity index is 0.00000176. The van der Waals surface area contributed by atoms with Crippen molar-refractivity contribution in [3.05, 3.63) is 5.01 Å². The van der Waals surface area contributed by atoms with Gasteiger partial charge in [0.15, 0.2) is 5.01 Å². The van der Waals surface area contributed by atoms with E-state index in [4.69, 9.17) is 5.73 Å². The van der Waals surface area contributed by atoms with Crippen LogP contribution in [0.4, 0.5) is 13.9 Å². The number of amides is 1. The zero-order valence-electron chi connectivity index (χ0n) is 11.9. The summed E-state index contributed by atoms with van der Waals surface area (Å²) in [4.78, 5) is 12.3. The van der Waals surface area contributed by atoms with Gasteiger partial charge in [-0.25, -0.2) is 8.78 Å². The molecule has 1 aromatic rings. The first-order valence-electron chi connectivity index (χ1n) is 7.22. The van der Waals surface area contributed by atoms with Gasteiger partial charge in [-0.05, 0) is 37.5 Å². The van der Waals surface area contributed by atoms with E-state index in [0.717, 1.165) is 37.0 Å². The minimum Gasteiger partial charge on any atom is -0.327 e. The lowest BCUT2D eigenvalue weighted by Crippen LogP contribution is -2.48. The Labute approximate surface area is 137 Å². The molecular formula is C13H19ClF2N4OS. The number of carbonyl (C=O) groups is 1. The molecule has 2 atom stereocenters. The SMILES string of the molecule is Cl.NC1C2CCCC1CC(C(=O)Nc1nnc(C(F)F)s1)C2. The molecule has 2 aliphatic carbocycles. The van der Waals surface area contributed by atoms with E-state index < -0.39 is 6.43 Å². The third kappa shape index (κ3) is 3.55. The van der Waals surface area contributed by atoms with Crippen LogP contribution in [0, 0.1) is 17.8 Å². The molecule has 0 radical (unpaired) electrons. The Bertz CT molecular complexity index is 516. The van der Waals surface area contributed by atoms with Crippen molar-refractivity contribution in [1.29, 1.82) is 0 Å². The average molecular weight is 353 g/mol. The summed E-state index contributed by atoms with van der Waals surface area (Å²) in [6.45, 7) is 0. The van der Waals surface area contributed by atoms with E-state index in [0.29, 0.717) is 11.8 Å². The second kappa shape index (κ2) is 7.14. The highest BCUT2D eigenvalue weighted by atomic mass is 35.5. The van der Waals surface area contributed by atoms with Gasteiger partial charge in [0.1, 0.15) is 0 Å². The zero-order valence-corrected chi connectivity index (χ0v) is 13.5. The normalized spacial score (nSPS) is 30.7. The van der Waals surface area contributed by atoms with E-state index in [1.807, 2.05) is 0 Å². The van der Waals surface area contributed by atoms with Crippen LogP contribution in [-0.4, -0.2) is 22.1 Å². The van der Waals surface area contributed by atoms with Gasteiger partial charge in [-0.1, -0.05) is 17.8 Å². The molecule has 2 unspecified atom stereocenters. The van der Waals surface area contributed by atoms with Crippen molar-refractivity contribution in [2.24, 2.45) is 23.5 Å². The topological polar surface area (TPSA) is 80.9 Å². The van der Waals surface area contributed by atoms with E-state index in [1.54, 1.807) is 0 Å². The van der Waals surface area contributed by atoms with Crippen molar-refractivity contribution >= 4 is 34.8 Å². The predicted molar refractivity (Wildman–Crippen MR) is 82.3 cm³/mol. The van der Waals surface area contributed by atoms with Crippen LogP contribution < -0.4 is 11.1 Å². The standard InChI is InChI=1S/C13H18F2N4OS.ClH/c14-10(15)12-18-19-13(21-12)17-11(20)8-4-6-2-1-3-7(5-8)9(6)16;/h6-10H,1-5,16H2,(H,17,19,20);1H. The summed E-state index contributed by atoms with van der Waals surface area (Å²) in [7, 11) is 0. The minimum atomic E-state index is -2.65. The highest BCUT2D eigenvalue weighted by molar-refractivity contribution is 7.15. The van der Waals surface area contributed by atoms with Crippen LogP contribution in [-0.2, 0) is 4.79 Å². The molecule has 124 valence electrons. The molecule has 5 nitrogen and oxygen atoms in total. The molecule has 22 heavy (non-hydrogen) atoms. The van der Waals surface area contributed by atoms with Crippen molar-refractivity contribution in [1.82, 2.24) is 10.2 Å². The molecule has 2 bridgehead atoms. The average Bonchev–Trinajstić information content (AvgIpc) is 2.87. The predicted octanol–water partition coefficient (Wildman–Crippen LogP) is 2.99. The first-order valence-corrected chi connectivity index (χ1v) is 8.04. The number of anilines is 1. The monoisotopic (exact) mass is 352 g/mol. The first kappa shape index (κ1) is 17.5. The fourth-order valence-electron chi connectivity index (χ4n) is 3.58. The Morgan fingerprint density at radius 1 is 1.27 bits per heavy atom. The summed E-state index contributed by atoms with van der Waals surface area (Å²) in [5, 5.41) is 9.36. The van der Waals surface area contributed by atoms with Crippen LogP contribution in [0.15, 0.2) is 0 Å². The van der Waals surface area contributed by atoms with E-state index in [1.165, 1.54) is 6.42 Å². The third-order valence-corrected chi connectivity index (χ3v) is 5.49. The fraction of sp³-hybridized carbons (Fsp3) is 0.769. The molecule has 0 aromatic carbocycles. The molecule has 1 heterocycles. The van der Waals surface area contributed by atoms with Gasteiger partial charge in [0.25, 0.3) is 6.43 Å². The van der Waals surface area contributed by atoms with Crippen LogP contribution in [0.1, 0.15) is 43.5 Å². The lowest BCUT2D eigenvalue weighted by Gasteiger charge is -2.43. The van der Waals surface area contributed by atoms with Crippen LogP contribution >= 0.6 is 23.7 Å². The molecule has 0 aliphatic heterocycles. The maximum absolute atomic E-state index is 12.5. The number of halogens is 3. The van der Waals surface area contributed by atoms with E-state index in [9.17, 15) is 13.6 Å². The van der Waals surface area contributed by atoms with Gasteiger partial charge in [-0.15, -0.1) is 22.6 Å². The van der Waals surface area contributed by atoms with E-state index in [2.05, 4.69) is 15.5 Å². The molecule has 0 saturated heterocycles. The molecule has 1 aromatic heterocycles.